The average Bonchev–Trinajstić information content (AvgIpc) is 1.96. The van der Waals surface area contributed by atoms with Gasteiger partial charge in [-0.1, -0.05) is 33.5 Å². The van der Waals surface area contributed by atoms with Crippen molar-refractivity contribution < 1.29 is 5.11 Å². The van der Waals surface area contributed by atoms with Gasteiger partial charge in [-0.3, -0.25) is 0 Å². The van der Waals surface area contributed by atoms with E-state index in [0.29, 0.717) is 5.92 Å². The summed E-state index contributed by atoms with van der Waals surface area (Å²) in [6, 6.07) is 0. The predicted molar refractivity (Wildman–Crippen MR) is 61.4 cm³/mol. The minimum Gasteiger partial charge on any atom is -0.392 e. The molecule has 0 spiro atoms. The van der Waals surface area contributed by atoms with Gasteiger partial charge >= 0.3 is 0 Å². The van der Waals surface area contributed by atoms with Crippen LogP contribution >= 0.6 is 0 Å². The van der Waals surface area contributed by atoms with E-state index in [1.54, 1.807) is 0 Å². The minimum atomic E-state index is -1.36. The smallest absolute Gasteiger partial charge is 0.0674 e. The van der Waals surface area contributed by atoms with E-state index < -0.39 is 8.07 Å². The molecule has 0 aromatic carbocycles. The molecule has 1 nitrogen and oxygen atoms in total. The Kier molecular flexibility index (Phi) is 4.73. The topological polar surface area (TPSA) is 20.2 Å². The molecule has 0 saturated carbocycles. The quantitative estimate of drug-likeness (QED) is 0.546. The molecule has 0 unspecified atom stereocenters. The Bertz CT molecular complexity index is 204. The highest BCUT2D eigenvalue weighted by Crippen LogP contribution is 2.28. The monoisotopic (exact) mass is 198 g/mol. The van der Waals surface area contributed by atoms with Gasteiger partial charge in [0, 0.05) is 5.54 Å². The van der Waals surface area contributed by atoms with Crippen molar-refractivity contribution in [3.05, 3.63) is 0 Å². The van der Waals surface area contributed by atoms with Crippen molar-refractivity contribution in [1.29, 1.82) is 0 Å². The second kappa shape index (κ2) is 4.83. The molecule has 76 valence electrons. The Balaban J connectivity index is 4.68. The van der Waals surface area contributed by atoms with Crippen LogP contribution < -0.4 is 0 Å². The van der Waals surface area contributed by atoms with Crippen LogP contribution in [0.5, 0.6) is 0 Å². The Hall–Kier alpha value is -0.263. The minimum absolute atomic E-state index is 0.206. The summed E-state index contributed by atoms with van der Waals surface area (Å²) in [6.45, 7) is 12.7. The number of aliphatic hydroxyl groups excluding tert-OH is 1. The first-order valence-corrected chi connectivity index (χ1v) is 8.48. The maximum atomic E-state index is 9.99. The molecule has 0 bridgehead atoms. The van der Waals surface area contributed by atoms with Crippen molar-refractivity contribution >= 4 is 8.07 Å². The third-order valence-corrected chi connectivity index (χ3v) is 4.61. The Labute approximate surface area is 83.6 Å². The van der Waals surface area contributed by atoms with Gasteiger partial charge in [-0.05, 0) is 12.8 Å². The lowest BCUT2D eigenvalue weighted by molar-refractivity contribution is 0.128. The van der Waals surface area contributed by atoms with Crippen LogP contribution in [0.1, 0.15) is 20.8 Å². The second-order valence-corrected chi connectivity index (χ2v) is 10.3. The fraction of sp³-hybridized carbons (Fsp3) is 0.818. The molecule has 0 aliphatic heterocycles. The zero-order valence-corrected chi connectivity index (χ0v) is 10.7. The van der Waals surface area contributed by atoms with Crippen LogP contribution in [0.15, 0.2) is 0 Å². The molecule has 0 heterocycles. The summed E-state index contributed by atoms with van der Waals surface area (Å²) >= 11 is 0. The van der Waals surface area contributed by atoms with E-state index in [1.807, 2.05) is 6.92 Å². The van der Waals surface area contributed by atoms with Gasteiger partial charge < -0.3 is 5.11 Å². The summed E-state index contributed by atoms with van der Waals surface area (Å²) in [7, 11) is -1.36. The lowest BCUT2D eigenvalue weighted by atomic mass is 10.0. The molecule has 0 aliphatic rings. The van der Waals surface area contributed by atoms with E-state index in [9.17, 15) is 5.11 Å². The lowest BCUT2D eigenvalue weighted by Crippen LogP contribution is -2.37. The fourth-order valence-electron chi connectivity index (χ4n) is 1.35. The van der Waals surface area contributed by atoms with Crippen LogP contribution in [-0.2, 0) is 0 Å². The van der Waals surface area contributed by atoms with Gasteiger partial charge in [-0.25, -0.2) is 0 Å². The first-order chi connectivity index (χ1) is 5.80. The largest absolute Gasteiger partial charge is 0.392 e. The van der Waals surface area contributed by atoms with Crippen LogP contribution in [0.25, 0.3) is 0 Å². The highest BCUT2D eigenvalue weighted by atomic mass is 28.3. The molecule has 0 aliphatic carbocycles. The number of aliphatic hydroxyl groups is 1. The van der Waals surface area contributed by atoms with Crippen LogP contribution in [0.3, 0.4) is 0 Å². The van der Waals surface area contributed by atoms with E-state index in [0.717, 1.165) is 0 Å². The molecule has 0 aromatic rings. The fourth-order valence-corrected chi connectivity index (χ4v) is 3.34. The van der Waals surface area contributed by atoms with Gasteiger partial charge in [0.15, 0.2) is 0 Å². The van der Waals surface area contributed by atoms with Crippen molar-refractivity contribution in [2.24, 2.45) is 5.92 Å². The van der Waals surface area contributed by atoms with E-state index >= 15 is 0 Å². The summed E-state index contributed by atoms with van der Waals surface area (Å²) in [4.78, 5) is 0. The molecule has 2 atom stereocenters. The molecule has 1 N–H and O–H groups in total. The summed E-state index contributed by atoms with van der Waals surface area (Å²) < 4.78 is 0. The predicted octanol–water partition coefficient (Wildman–Crippen LogP) is 2.74. The molecule has 0 amide bonds. The van der Waals surface area contributed by atoms with Gasteiger partial charge in [0.1, 0.15) is 0 Å². The van der Waals surface area contributed by atoms with Crippen LogP contribution in [0.2, 0.25) is 25.2 Å². The van der Waals surface area contributed by atoms with Gasteiger partial charge in [-0.15, -0.1) is 11.8 Å². The summed E-state index contributed by atoms with van der Waals surface area (Å²) in [5.74, 6) is 6.40. The summed E-state index contributed by atoms with van der Waals surface area (Å²) in [5, 5.41) is 9.99. The molecule has 2 heteroatoms. The molecule has 0 radical (unpaired) electrons. The first kappa shape index (κ1) is 12.7. The third kappa shape index (κ3) is 3.97. The normalized spacial score (nSPS) is 16.3. The highest BCUT2D eigenvalue weighted by Gasteiger charge is 2.32. The van der Waals surface area contributed by atoms with Crippen molar-refractivity contribution in [3.63, 3.8) is 0 Å². The molecule has 0 saturated heterocycles. The highest BCUT2D eigenvalue weighted by molar-refractivity contribution is 6.78. The number of hydrogen-bond donors (Lipinski definition) is 1. The van der Waals surface area contributed by atoms with E-state index in [2.05, 4.69) is 45.3 Å². The maximum absolute atomic E-state index is 9.99. The van der Waals surface area contributed by atoms with Gasteiger partial charge in [0.2, 0.25) is 0 Å². The maximum Gasteiger partial charge on any atom is 0.0674 e. The first-order valence-electron chi connectivity index (χ1n) is 4.91. The summed E-state index contributed by atoms with van der Waals surface area (Å²) in [5.41, 5.74) is 0.206. The number of rotatable bonds is 3. The van der Waals surface area contributed by atoms with Crippen molar-refractivity contribution in [2.45, 2.75) is 52.1 Å². The molecule has 0 aromatic heterocycles. The van der Waals surface area contributed by atoms with Gasteiger partial charge in [0.05, 0.1) is 14.2 Å². The zero-order valence-electron chi connectivity index (χ0n) is 9.68. The second-order valence-electron chi connectivity index (χ2n) is 4.97. The van der Waals surface area contributed by atoms with Crippen LogP contribution in [-0.4, -0.2) is 19.3 Å². The molecular formula is C11H22OSi. The zero-order chi connectivity index (χ0) is 10.6. The van der Waals surface area contributed by atoms with Crippen LogP contribution in [0.4, 0.5) is 0 Å². The third-order valence-electron chi connectivity index (χ3n) is 2.26. The Morgan fingerprint density at radius 3 is 1.85 bits per heavy atom. The van der Waals surface area contributed by atoms with E-state index in [-0.39, 0.29) is 11.6 Å². The Morgan fingerprint density at radius 1 is 1.15 bits per heavy atom. The molecular weight excluding hydrogens is 176 g/mol. The SMILES string of the molecule is CC#C[C@@H]([C@@H](O)C(C)C)[Si](C)(C)C. The van der Waals surface area contributed by atoms with Crippen LogP contribution in [0, 0.1) is 17.8 Å². The number of hydrogen-bond acceptors (Lipinski definition) is 1. The van der Waals surface area contributed by atoms with Crippen molar-refractivity contribution in [2.75, 3.05) is 0 Å². The Morgan fingerprint density at radius 2 is 1.62 bits per heavy atom. The van der Waals surface area contributed by atoms with Crippen molar-refractivity contribution in [3.8, 4) is 11.8 Å². The van der Waals surface area contributed by atoms with E-state index in [1.165, 1.54) is 0 Å². The van der Waals surface area contributed by atoms with Gasteiger partial charge in [0.25, 0.3) is 0 Å². The molecule has 13 heavy (non-hydrogen) atoms. The standard InChI is InChI=1S/C11H22OSi/c1-7-8-10(13(4,5)6)11(12)9(2)3/h9-12H,1-6H3/t10-,11-/m0/s1. The molecule has 0 fully saturated rings. The average molecular weight is 198 g/mol. The summed E-state index contributed by atoms with van der Waals surface area (Å²) in [6.07, 6.45) is -0.265. The van der Waals surface area contributed by atoms with Gasteiger partial charge in [-0.2, -0.15) is 0 Å². The van der Waals surface area contributed by atoms with Crippen molar-refractivity contribution in [1.82, 2.24) is 0 Å². The molecule has 0 rings (SSSR count). The van der Waals surface area contributed by atoms with E-state index in [4.69, 9.17) is 0 Å². The lowest BCUT2D eigenvalue weighted by Gasteiger charge is -2.31.